The van der Waals surface area contributed by atoms with Crippen molar-refractivity contribution >= 4 is 5.78 Å². The van der Waals surface area contributed by atoms with Crippen molar-refractivity contribution < 1.29 is 5.11 Å². The molecule has 98 valence electrons. The van der Waals surface area contributed by atoms with Crippen molar-refractivity contribution in [1.82, 2.24) is 19.3 Å². The Morgan fingerprint density at radius 1 is 1.39 bits per heavy atom. The molecule has 0 bridgehead atoms. The molecular weight excluding hydrogens is 228 g/mol. The van der Waals surface area contributed by atoms with Crippen molar-refractivity contribution in [2.45, 2.75) is 33.4 Å². The summed E-state index contributed by atoms with van der Waals surface area (Å²) in [5.41, 5.74) is 3.09. The smallest absolute Gasteiger partial charge is 0.234 e. The average molecular weight is 248 g/mol. The summed E-state index contributed by atoms with van der Waals surface area (Å²) in [4.78, 5) is 11.0. The number of imidazole rings is 1. The number of hydrogen-bond acceptors (Lipinski definition) is 4. The van der Waals surface area contributed by atoms with Crippen molar-refractivity contribution in [3.8, 4) is 0 Å². The predicted octanol–water partition coefficient (Wildman–Crippen LogP) is 1.16. The van der Waals surface area contributed by atoms with Crippen molar-refractivity contribution in [3.05, 3.63) is 29.3 Å². The summed E-state index contributed by atoms with van der Waals surface area (Å²) >= 11 is 0. The molecule has 0 spiro atoms. The maximum Gasteiger partial charge on any atom is 0.234 e. The standard InChI is InChI=1S/C13H20N4O/c1-9-5-10(2)17-7-12(15-13(17)14-9)6-16(4)11(3)8-18/h5,7,11,18H,6,8H2,1-4H3. The lowest BCUT2D eigenvalue weighted by Crippen LogP contribution is -2.31. The van der Waals surface area contributed by atoms with Gasteiger partial charge in [0, 0.05) is 30.2 Å². The van der Waals surface area contributed by atoms with Crippen LogP contribution in [0.1, 0.15) is 24.0 Å². The monoisotopic (exact) mass is 248 g/mol. The zero-order valence-corrected chi connectivity index (χ0v) is 11.4. The normalized spacial score (nSPS) is 13.4. The number of aliphatic hydroxyl groups excluding tert-OH is 1. The van der Waals surface area contributed by atoms with E-state index in [1.165, 1.54) is 0 Å². The SMILES string of the molecule is Cc1cc(C)n2cc(CN(C)C(C)CO)nc2n1. The molecule has 1 unspecified atom stereocenters. The summed E-state index contributed by atoms with van der Waals surface area (Å²) in [5.74, 6) is 0.743. The number of nitrogens with zero attached hydrogens (tertiary/aromatic N) is 4. The highest BCUT2D eigenvalue weighted by atomic mass is 16.3. The molecule has 0 saturated heterocycles. The second-order valence-electron chi connectivity index (χ2n) is 4.89. The molecule has 2 heterocycles. The number of rotatable bonds is 4. The van der Waals surface area contributed by atoms with E-state index in [-0.39, 0.29) is 12.6 Å². The first-order chi connectivity index (χ1) is 8.51. The summed E-state index contributed by atoms with van der Waals surface area (Å²) in [6, 6.07) is 2.17. The van der Waals surface area contributed by atoms with Crippen LogP contribution in [0.15, 0.2) is 12.3 Å². The molecule has 0 aliphatic heterocycles. The number of aromatic nitrogens is 3. The quantitative estimate of drug-likeness (QED) is 0.882. The van der Waals surface area contributed by atoms with Gasteiger partial charge in [-0.05, 0) is 33.9 Å². The van der Waals surface area contributed by atoms with Gasteiger partial charge in [-0.1, -0.05) is 0 Å². The van der Waals surface area contributed by atoms with Crippen molar-refractivity contribution in [2.24, 2.45) is 0 Å². The third kappa shape index (κ3) is 2.52. The molecule has 2 aromatic heterocycles. The van der Waals surface area contributed by atoms with Crippen LogP contribution in [-0.2, 0) is 6.54 Å². The summed E-state index contributed by atoms with van der Waals surface area (Å²) in [6.07, 6.45) is 2.01. The fourth-order valence-corrected chi connectivity index (χ4v) is 1.95. The van der Waals surface area contributed by atoms with Gasteiger partial charge in [-0.15, -0.1) is 0 Å². The van der Waals surface area contributed by atoms with E-state index >= 15 is 0 Å². The van der Waals surface area contributed by atoms with Crippen LogP contribution >= 0.6 is 0 Å². The highest BCUT2D eigenvalue weighted by molar-refractivity contribution is 5.34. The largest absolute Gasteiger partial charge is 0.395 e. The van der Waals surface area contributed by atoms with Gasteiger partial charge in [-0.3, -0.25) is 9.30 Å². The van der Waals surface area contributed by atoms with E-state index in [1.807, 2.05) is 44.5 Å². The second-order valence-corrected chi connectivity index (χ2v) is 4.89. The molecule has 0 amide bonds. The maximum absolute atomic E-state index is 9.12. The van der Waals surface area contributed by atoms with Gasteiger partial charge in [-0.25, -0.2) is 9.97 Å². The minimum atomic E-state index is 0.130. The molecule has 5 heteroatoms. The van der Waals surface area contributed by atoms with Gasteiger partial charge >= 0.3 is 0 Å². The maximum atomic E-state index is 9.12. The van der Waals surface area contributed by atoms with Crippen molar-refractivity contribution in [1.29, 1.82) is 0 Å². The number of aliphatic hydroxyl groups is 1. The lowest BCUT2D eigenvalue weighted by atomic mass is 10.3. The van der Waals surface area contributed by atoms with Crippen LogP contribution in [0.2, 0.25) is 0 Å². The van der Waals surface area contributed by atoms with E-state index in [0.29, 0.717) is 6.54 Å². The fourth-order valence-electron chi connectivity index (χ4n) is 1.95. The lowest BCUT2D eigenvalue weighted by Gasteiger charge is -2.21. The number of fused-ring (bicyclic) bond motifs is 1. The minimum Gasteiger partial charge on any atom is -0.395 e. The Bertz CT molecular complexity index is 549. The minimum absolute atomic E-state index is 0.130. The summed E-state index contributed by atoms with van der Waals surface area (Å²) < 4.78 is 2.00. The van der Waals surface area contributed by atoms with Gasteiger partial charge in [0.25, 0.3) is 0 Å². The van der Waals surface area contributed by atoms with Crippen molar-refractivity contribution in [2.75, 3.05) is 13.7 Å². The van der Waals surface area contributed by atoms with E-state index in [2.05, 4.69) is 14.9 Å². The number of aryl methyl sites for hydroxylation is 2. The Labute approximate surface area is 107 Å². The lowest BCUT2D eigenvalue weighted by molar-refractivity contribution is 0.153. The Kier molecular flexibility index (Phi) is 3.63. The third-order valence-corrected chi connectivity index (χ3v) is 3.24. The van der Waals surface area contributed by atoms with Gasteiger partial charge in [0.15, 0.2) is 0 Å². The Balaban J connectivity index is 2.28. The van der Waals surface area contributed by atoms with Crippen LogP contribution in [0.4, 0.5) is 0 Å². The Hall–Kier alpha value is -1.46. The van der Waals surface area contributed by atoms with Gasteiger partial charge < -0.3 is 5.11 Å². The van der Waals surface area contributed by atoms with E-state index in [1.54, 1.807) is 0 Å². The molecule has 2 aromatic rings. The summed E-state index contributed by atoms with van der Waals surface area (Å²) in [7, 11) is 1.98. The number of hydrogen-bond donors (Lipinski definition) is 1. The molecule has 2 rings (SSSR count). The molecule has 0 radical (unpaired) electrons. The Morgan fingerprint density at radius 2 is 2.11 bits per heavy atom. The van der Waals surface area contributed by atoms with Crippen molar-refractivity contribution in [3.63, 3.8) is 0 Å². The summed E-state index contributed by atoms with van der Waals surface area (Å²) in [6.45, 7) is 6.88. The van der Waals surface area contributed by atoms with Gasteiger partial charge in [-0.2, -0.15) is 0 Å². The summed E-state index contributed by atoms with van der Waals surface area (Å²) in [5, 5.41) is 9.12. The molecule has 0 saturated carbocycles. The van der Waals surface area contributed by atoms with Gasteiger partial charge in [0.1, 0.15) is 0 Å². The van der Waals surface area contributed by atoms with Crippen LogP contribution in [0.3, 0.4) is 0 Å². The molecule has 1 atom stereocenters. The van der Waals surface area contributed by atoms with E-state index < -0.39 is 0 Å². The van der Waals surface area contributed by atoms with Gasteiger partial charge in [0.2, 0.25) is 5.78 Å². The first-order valence-corrected chi connectivity index (χ1v) is 6.14. The molecule has 1 N–H and O–H groups in total. The van der Waals surface area contributed by atoms with Crippen LogP contribution < -0.4 is 0 Å². The van der Waals surface area contributed by atoms with E-state index in [4.69, 9.17) is 5.11 Å². The zero-order valence-electron chi connectivity index (χ0n) is 11.4. The predicted molar refractivity (Wildman–Crippen MR) is 70.5 cm³/mol. The third-order valence-electron chi connectivity index (χ3n) is 3.24. The Morgan fingerprint density at radius 3 is 2.78 bits per heavy atom. The van der Waals surface area contributed by atoms with E-state index in [9.17, 15) is 0 Å². The van der Waals surface area contributed by atoms with Crippen LogP contribution in [0.25, 0.3) is 5.78 Å². The highest BCUT2D eigenvalue weighted by Gasteiger charge is 2.11. The molecule has 18 heavy (non-hydrogen) atoms. The van der Waals surface area contributed by atoms with Crippen LogP contribution in [0, 0.1) is 13.8 Å². The molecule has 0 aliphatic carbocycles. The highest BCUT2D eigenvalue weighted by Crippen LogP contribution is 2.10. The molecule has 0 aromatic carbocycles. The zero-order chi connectivity index (χ0) is 13.3. The van der Waals surface area contributed by atoms with E-state index in [0.717, 1.165) is 22.9 Å². The number of likely N-dealkylation sites (N-methyl/N-ethyl adjacent to an activating group) is 1. The molecule has 0 fully saturated rings. The topological polar surface area (TPSA) is 53.7 Å². The van der Waals surface area contributed by atoms with Crippen LogP contribution in [-0.4, -0.2) is 44.1 Å². The average Bonchev–Trinajstić information content (AvgIpc) is 2.70. The first-order valence-electron chi connectivity index (χ1n) is 6.14. The molecule has 0 aliphatic rings. The van der Waals surface area contributed by atoms with Gasteiger partial charge in [0.05, 0.1) is 12.3 Å². The molecular formula is C13H20N4O. The molecule has 5 nitrogen and oxygen atoms in total. The van der Waals surface area contributed by atoms with Crippen LogP contribution in [0.5, 0.6) is 0 Å². The fraction of sp³-hybridized carbons (Fsp3) is 0.538. The first kappa shape index (κ1) is 13.0. The second kappa shape index (κ2) is 5.04.